The van der Waals surface area contributed by atoms with E-state index in [1.54, 1.807) is 0 Å². The maximum Gasteiger partial charge on any atom is 0.306 e. The molecule has 0 aliphatic heterocycles. The van der Waals surface area contributed by atoms with Gasteiger partial charge in [0.1, 0.15) is 19.3 Å². The molecule has 2 unspecified atom stereocenters. The van der Waals surface area contributed by atoms with Crippen molar-refractivity contribution in [1.29, 1.82) is 0 Å². The van der Waals surface area contributed by atoms with Crippen molar-refractivity contribution in [3.8, 4) is 0 Å². The third-order valence-electron chi connectivity index (χ3n) is 8.16. The summed E-state index contributed by atoms with van der Waals surface area (Å²) in [5, 5.41) is 0. The maximum absolute atomic E-state index is 12.1. The number of rotatable bonds is 36. The second-order valence-electron chi connectivity index (χ2n) is 14.3. The third kappa shape index (κ3) is 37.8. The number of likely N-dealkylation sites (N-methyl/N-ethyl adjacent to an activating group) is 1. The second-order valence-corrected chi connectivity index (χ2v) is 15.7. The first-order valence-electron chi connectivity index (χ1n) is 19.7. The van der Waals surface area contributed by atoms with Crippen LogP contribution in [0.1, 0.15) is 155 Å². The first-order valence-corrected chi connectivity index (χ1v) is 21.2. The van der Waals surface area contributed by atoms with Crippen molar-refractivity contribution < 1.29 is 37.3 Å². The fourth-order valence-corrected chi connectivity index (χ4v) is 5.85. The summed E-state index contributed by atoms with van der Waals surface area (Å²) in [6.07, 6.45) is 38.9. The number of phosphoric ester groups is 1. The molecule has 0 radical (unpaired) electrons. The fraction of sp³-hybridized carbons (Fsp3) is 0.825. The van der Waals surface area contributed by atoms with Crippen molar-refractivity contribution in [2.45, 2.75) is 161 Å². The number of quaternary nitrogens is 1. The van der Waals surface area contributed by atoms with Gasteiger partial charge in [-0.3, -0.25) is 9.36 Å². The molecule has 0 bridgehead atoms. The Kier molecular flexibility index (Phi) is 33.0. The quantitative estimate of drug-likeness (QED) is 0.0210. The average Bonchev–Trinajstić information content (AvgIpc) is 3.04. The monoisotopic (exact) mass is 714 g/mol. The number of allylic oxidation sites excluding steroid dienone is 6. The van der Waals surface area contributed by atoms with E-state index >= 15 is 0 Å². The molecule has 0 aromatic rings. The normalized spacial score (nSPS) is 14.3. The molecule has 0 amide bonds. The van der Waals surface area contributed by atoms with Gasteiger partial charge in [-0.05, 0) is 51.4 Å². The Balaban J connectivity index is 3.74. The highest BCUT2D eigenvalue weighted by molar-refractivity contribution is 7.45. The zero-order valence-corrected chi connectivity index (χ0v) is 33.3. The topological polar surface area (TPSA) is 94.1 Å². The first kappa shape index (κ1) is 47.7. The molecular formula is C40H76NO7P. The molecule has 0 fully saturated rings. The summed E-state index contributed by atoms with van der Waals surface area (Å²) in [5.74, 6) is -0.389. The molecule has 49 heavy (non-hydrogen) atoms. The summed E-state index contributed by atoms with van der Waals surface area (Å²) in [7, 11) is 1.35. The number of hydrogen-bond donors (Lipinski definition) is 0. The number of carbonyl (C=O) groups excluding carboxylic acids is 1. The number of phosphoric acid groups is 1. The molecule has 0 rings (SSSR count). The predicted octanol–water partition coefficient (Wildman–Crippen LogP) is 10.4. The Morgan fingerprint density at radius 1 is 0.633 bits per heavy atom. The smallest absolute Gasteiger partial charge is 0.306 e. The number of nitrogens with zero attached hydrogens (tertiary/aromatic N) is 1. The fourth-order valence-electron chi connectivity index (χ4n) is 5.12. The van der Waals surface area contributed by atoms with E-state index in [1.807, 2.05) is 28.1 Å². The minimum Gasteiger partial charge on any atom is -0.756 e. The van der Waals surface area contributed by atoms with Crippen molar-refractivity contribution in [2.75, 3.05) is 54.1 Å². The van der Waals surface area contributed by atoms with Crippen LogP contribution in [0, 0.1) is 0 Å². The summed E-state index contributed by atoms with van der Waals surface area (Å²) >= 11 is 0. The largest absolute Gasteiger partial charge is 0.756 e. The van der Waals surface area contributed by atoms with Gasteiger partial charge in [0.2, 0.25) is 0 Å². The molecule has 9 heteroatoms. The highest BCUT2D eigenvalue weighted by Gasteiger charge is 2.20. The first-order chi connectivity index (χ1) is 23.6. The lowest BCUT2D eigenvalue weighted by Crippen LogP contribution is -2.37. The SMILES string of the molecule is CCCCCCC/C=C\C/C=C\C/C=C\CCCCCCCCCCCCCOCC(COP(=O)([O-])OCC[N+](C)(C)C)OC(=O)CCC. The minimum atomic E-state index is -4.49. The highest BCUT2D eigenvalue weighted by atomic mass is 31.2. The number of ether oxygens (including phenoxy) is 2. The van der Waals surface area contributed by atoms with Crippen LogP contribution >= 0.6 is 7.82 Å². The van der Waals surface area contributed by atoms with Crippen LogP contribution in [0.4, 0.5) is 0 Å². The summed E-state index contributed by atoms with van der Waals surface area (Å²) in [4.78, 5) is 24.1. The number of unbranched alkanes of at least 4 members (excludes halogenated alkanes) is 16. The minimum absolute atomic E-state index is 0.0237. The van der Waals surface area contributed by atoms with Crippen molar-refractivity contribution in [3.63, 3.8) is 0 Å². The predicted molar refractivity (Wildman–Crippen MR) is 203 cm³/mol. The molecule has 2 atom stereocenters. The molecule has 0 aromatic carbocycles. The van der Waals surface area contributed by atoms with Gasteiger partial charge in [-0.25, -0.2) is 0 Å². The lowest BCUT2D eigenvalue weighted by atomic mass is 10.1. The summed E-state index contributed by atoms with van der Waals surface area (Å²) in [6, 6.07) is 0. The Bertz CT molecular complexity index is 884. The molecule has 0 saturated heterocycles. The third-order valence-corrected chi connectivity index (χ3v) is 9.13. The Morgan fingerprint density at radius 2 is 1.12 bits per heavy atom. The van der Waals surface area contributed by atoms with E-state index in [9.17, 15) is 14.3 Å². The summed E-state index contributed by atoms with van der Waals surface area (Å²) in [6.45, 7) is 5.02. The van der Waals surface area contributed by atoms with Crippen molar-refractivity contribution in [3.05, 3.63) is 36.5 Å². The highest BCUT2D eigenvalue weighted by Crippen LogP contribution is 2.38. The zero-order valence-electron chi connectivity index (χ0n) is 32.4. The number of esters is 1. The maximum atomic E-state index is 12.1. The van der Waals surface area contributed by atoms with E-state index in [1.165, 1.54) is 103 Å². The molecule has 8 nitrogen and oxygen atoms in total. The van der Waals surface area contributed by atoms with Gasteiger partial charge in [0, 0.05) is 13.0 Å². The average molecular weight is 714 g/mol. The molecule has 0 saturated carbocycles. The van der Waals surface area contributed by atoms with Gasteiger partial charge >= 0.3 is 5.97 Å². The van der Waals surface area contributed by atoms with Gasteiger partial charge in [0.05, 0.1) is 34.4 Å². The van der Waals surface area contributed by atoms with E-state index in [0.29, 0.717) is 24.1 Å². The lowest BCUT2D eigenvalue weighted by Gasteiger charge is -2.28. The summed E-state index contributed by atoms with van der Waals surface area (Å²) in [5.41, 5.74) is 0. The van der Waals surface area contributed by atoms with Gasteiger partial charge in [-0.15, -0.1) is 0 Å². The standard InChI is InChI=1S/C40H76NO7P/c1-6-8-9-10-11-12-13-14-15-16-17-18-19-20-21-22-23-24-25-26-27-28-29-30-31-32-35-45-37-39(48-40(42)33-7-2)38-47-49(43,44)46-36-34-41(3,4)5/h13-14,16-17,19-20,39H,6-12,15,18,21-38H2,1-5H3/b14-13-,17-16-,20-19-. The molecule has 0 heterocycles. The molecule has 0 N–H and O–H groups in total. The van der Waals surface area contributed by atoms with Crippen molar-refractivity contribution in [2.24, 2.45) is 0 Å². The van der Waals surface area contributed by atoms with E-state index in [4.69, 9.17) is 18.5 Å². The van der Waals surface area contributed by atoms with Crippen LogP contribution in [0.15, 0.2) is 36.5 Å². The molecule has 0 aliphatic carbocycles. The van der Waals surface area contributed by atoms with Crippen LogP contribution in [0.3, 0.4) is 0 Å². The zero-order chi connectivity index (χ0) is 36.3. The van der Waals surface area contributed by atoms with Crippen LogP contribution in [-0.4, -0.2) is 70.7 Å². The van der Waals surface area contributed by atoms with E-state index in [0.717, 1.165) is 25.7 Å². The van der Waals surface area contributed by atoms with E-state index < -0.39 is 13.9 Å². The van der Waals surface area contributed by atoms with Crippen LogP contribution in [0.5, 0.6) is 0 Å². The lowest BCUT2D eigenvalue weighted by molar-refractivity contribution is -0.870. The Morgan fingerprint density at radius 3 is 1.63 bits per heavy atom. The number of hydrogen-bond acceptors (Lipinski definition) is 7. The van der Waals surface area contributed by atoms with Crippen LogP contribution in [0.25, 0.3) is 0 Å². The van der Waals surface area contributed by atoms with Crippen LogP contribution in [0.2, 0.25) is 0 Å². The molecule has 0 aromatic heterocycles. The number of carbonyl (C=O) groups is 1. The van der Waals surface area contributed by atoms with Gasteiger partial charge in [0.15, 0.2) is 0 Å². The van der Waals surface area contributed by atoms with Gasteiger partial charge in [-0.2, -0.15) is 0 Å². The van der Waals surface area contributed by atoms with E-state index in [2.05, 4.69) is 43.4 Å². The van der Waals surface area contributed by atoms with Crippen LogP contribution in [-0.2, 0) is 27.9 Å². The van der Waals surface area contributed by atoms with Crippen LogP contribution < -0.4 is 4.89 Å². The van der Waals surface area contributed by atoms with Crippen molar-refractivity contribution in [1.82, 2.24) is 0 Å². The molecule has 0 aliphatic rings. The van der Waals surface area contributed by atoms with Gasteiger partial charge in [-0.1, -0.05) is 134 Å². The van der Waals surface area contributed by atoms with Crippen molar-refractivity contribution >= 4 is 13.8 Å². The van der Waals surface area contributed by atoms with Gasteiger partial charge < -0.3 is 27.9 Å². The summed E-state index contributed by atoms with van der Waals surface area (Å²) < 4.78 is 33.8. The molecular weight excluding hydrogens is 637 g/mol. The molecule has 288 valence electrons. The Labute approximate surface area is 302 Å². The van der Waals surface area contributed by atoms with Gasteiger partial charge in [0.25, 0.3) is 7.82 Å². The Hall–Kier alpha value is -1.28. The van der Waals surface area contributed by atoms with E-state index in [-0.39, 0.29) is 32.2 Å². The molecule has 0 spiro atoms. The second kappa shape index (κ2) is 33.8.